The Morgan fingerprint density at radius 2 is 0.935 bits per heavy atom. The Kier molecular flexibility index (Phi) is 5.82. The molecule has 2 heterocycles. The summed E-state index contributed by atoms with van der Waals surface area (Å²) in [6, 6.07) is 0. The second kappa shape index (κ2) is 7.30. The number of hydrogen-bond donors (Lipinski definition) is 0. The summed E-state index contributed by atoms with van der Waals surface area (Å²) in [7, 11) is -1.26. The van der Waals surface area contributed by atoms with E-state index in [-0.39, 0.29) is 59.1 Å². The highest BCUT2D eigenvalue weighted by Gasteiger charge is 2.71. The lowest BCUT2D eigenvalue weighted by Crippen LogP contribution is -2.54. The SMILES string of the molecule is CP1C2=CC=CC2(C(C)(C)C23C=CC=C2P(C)N(C(C)(C)C)P3C)P(C)N1C(C)(C)C. The first-order chi connectivity index (χ1) is 14.1. The molecule has 0 saturated carbocycles. The van der Waals surface area contributed by atoms with Gasteiger partial charge in [0.2, 0.25) is 0 Å². The Morgan fingerprint density at radius 3 is 1.23 bits per heavy atom. The van der Waals surface area contributed by atoms with E-state index >= 15 is 0 Å². The van der Waals surface area contributed by atoms with Gasteiger partial charge in [0.15, 0.2) is 0 Å². The van der Waals surface area contributed by atoms with Crippen LogP contribution in [0.4, 0.5) is 0 Å². The van der Waals surface area contributed by atoms with Gasteiger partial charge < -0.3 is 0 Å². The molecular weight excluding hydrogens is 452 g/mol. The van der Waals surface area contributed by atoms with Gasteiger partial charge in [0, 0.05) is 16.5 Å². The molecule has 4 aliphatic rings. The molecule has 0 amide bonds. The molecule has 0 aromatic carbocycles. The van der Waals surface area contributed by atoms with Crippen LogP contribution in [0.3, 0.4) is 0 Å². The summed E-state index contributed by atoms with van der Waals surface area (Å²) in [6.45, 7) is 30.0. The fraction of sp³-hybridized carbons (Fsp3) is 0.680. The molecule has 6 atom stereocenters. The van der Waals surface area contributed by atoms with Crippen LogP contribution >= 0.6 is 32.3 Å². The summed E-state index contributed by atoms with van der Waals surface area (Å²) in [5.41, 5.74) is 0.518. The lowest BCUT2D eigenvalue weighted by atomic mass is 9.68. The minimum absolute atomic E-state index is 0.117. The molecule has 0 spiro atoms. The van der Waals surface area contributed by atoms with Crippen molar-refractivity contribution in [3.05, 3.63) is 47.1 Å². The van der Waals surface area contributed by atoms with Crippen molar-refractivity contribution >= 4 is 32.3 Å². The Balaban J connectivity index is 1.92. The lowest BCUT2D eigenvalue weighted by Gasteiger charge is -2.57. The quantitative estimate of drug-likeness (QED) is 0.354. The average molecular weight is 495 g/mol. The zero-order valence-electron chi connectivity index (χ0n) is 21.6. The van der Waals surface area contributed by atoms with Gasteiger partial charge in [-0.2, -0.15) is 0 Å². The first-order valence-corrected chi connectivity index (χ1v) is 18.4. The summed E-state index contributed by atoms with van der Waals surface area (Å²) >= 11 is 0. The lowest BCUT2D eigenvalue weighted by molar-refractivity contribution is 0.282. The van der Waals surface area contributed by atoms with Crippen molar-refractivity contribution in [3.63, 3.8) is 0 Å². The largest absolute Gasteiger partial charge is 0.250 e. The van der Waals surface area contributed by atoms with E-state index < -0.39 is 0 Å². The van der Waals surface area contributed by atoms with Crippen LogP contribution < -0.4 is 0 Å². The molecule has 0 aromatic heterocycles. The highest BCUT2D eigenvalue weighted by molar-refractivity contribution is 7.79. The average Bonchev–Trinajstić information content (AvgIpc) is 3.31. The fourth-order valence-electron chi connectivity index (χ4n) is 7.10. The summed E-state index contributed by atoms with van der Waals surface area (Å²) in [5, 5.41) is 3.74. The monoisotopic (exact) mass is 494 g/mol. The molecule has 2 fully saturated rings. The molecule has 31 heavy (non-hydrogen) atoms. The van der Waals surface area contributed by atoms with Crippen LogP contribution in [0, 0.1) is 5.41 Å². The molecular formula is C25H42N2P4. The topological polar surface area (TPSA) is 6.48 Å². The second-order valence-corrected chi connectivity index (χ2v) is 20.8. The Hall–Kier alpha value is 0.600. The van der Waals surface area contributed by atoms with Crippen LogP contribution in [0.1, 0.15) is 55.4 Å². The maximum Gasteiger partial charge on any atom is 0.0552 e. The second-order valence-electron chi connectivity index (χ2n) is 12.0. The third kappa shape index (κ3) is 2.92. The van der Waals surface area contributed by atoms with E-state index in [9.17, 15) is 0 Å². The van der Waals surface area contributed by atoms with Crippen molar-refractivity contribution < 1.29 is 0 Å². The molecule has 6 heteroatoms. The van der Waals surface area contributed by atoms with E-state index in [4.69, 9.17) is 0 Å². The summed E-state index contributed by atoms with van der Waals surface area (Å²) < 4.78 is 5.83. The summed E-state index contributed by atoms with van der Waals surface area (Å²) in [6.07, 6.45) is 15.1. The van der Waals surface area contributed by atoms with Crippen LogP contribution in [0.2, 0.25) is 0 Å². The smallest absolute Gasteiger partial charge is 0.0552 e. The third-order valence-electron chi connectivity index (χ3n) is 7.92. The minimum atomic E-state index is -0.344. The molecule has 0 aromatic rings. The maximum atomic E-state index is 2.91. The molecule has 0 N–H and O–H groups in total. The van der Waals surface area contributed by atoms with E-state index in [1.165, 1.54) is 0 Å². The van der Waals surface area contributed by atoms with Crippen LogP contribution in [0.25, 0.3) is 0 Å². The van der Waals surface area contributed by atoms with Gasteiger partial charge in [-0.3, -0.25) is 8.88 Å². The predicted octanol–water partition coefficient (Wildman–Crippen LogP) is 8.73. The van der Waals surface area contributed by atoms with Gasteiger partial charge in [-0.05, 0) is 111 Å². The molecule has 0 bridgehead atoms. The first kappa shape index (κ1) is 24.7. The van der Waals surface area contributed by atoms with Gasteiger partial charge >= 0.3 is 0 Å². The van der Waals surface area contributed by atoms with Gasteiger partial charge in [0.05, 0.1) is 10.3 Å². The summed E-state index contributed by atoms with van der Waals surface area (Å²) in [5.74, 6) is 0. The standard InChI is InChI=1S/C25H42N2P4/c1-21(2,3)26-28(9)19-15-13-17-24(19,30(26)11)23(7,8)25-18-14-16-20(25)29(10)27(31(25)12)22(4,5)6/h13-18H,1-12H3. The van der Waals surface area contributed by atoms with Crippen molar-refractivity contribution in [3.8, 4) is 0 Å². The van der Waals surface area contributed by atoms with Crippen molar-refractivity contribution in [2.45, 2.75) is 76.8 Å². The van der Waals surface area contributed by atoms with Gasteiger partial charge in [-0.25, -0.2) is 0 Å². The van der Waals surface area contributed by atoms with Crippen LogP contribution in [-0.2, 0) is 0 Å². The Labute approximate surface area is 196 Å². The molecule has 4 rings (SSSR count). The Morgan fingerprint density at radius 1 is 0.613 bits per heavy atom. The van der Waals surface area contributed by atoms with Crippen molar-refractivity contribution in [2.24, 2.45) is 5.41 Å². The first-order valence-electron chi connectivity index (χ1n) is 11.4. The van der Waals surface area contributed by atoms with Gasteiger partial charge in [0.25, 0.3) is 0 Å². The van der Waals surface area contributed by atoms with Crippen LogP contribution in [0.5, 0.6) is 0 Å². The van der Waals surface area contributed by atoms with E-state index in [1.807, 2.05) is 0 Å². The van der Waals surface area contributed by atoms with Crippen molar-refractivity contribution in [2.75, 3.05) is 26.7 Å². The van der Waals surface area contributed by atoms with Gasteiger partial charge in [0.1, 0.15) is 0 Å². The van der Waals surface area contributed by atoms with Crippen LogP contribution in [-0.4, -0.2) is 56.9 Å². The fourth-order valence-corrected chi connectivity index (χ4v) is 23.9. The van der Waals surface area contributed by atoms with Gasteiger partial charge in [-0.1, -0.05) is 50.3 Å². The number of allylic oxidation sites excluding steroid dienone is 8. The molecule has 172 valence electrons. The molecule has 2 aliphatic carbocycles. The molecule has 0 radical (unpaired) electrons. The molecule has 2 saturated heterocycles. The molecule has 2 nitrogen and oxygen atoms in total. The predicted molar refractivity (Wildman–Crippen MR) is 148 cm³/mol. The number of fused-ring (bicyclic) bond motifs is 2. The van der Waals surface area contributed by atoms with E-state index in [1.54, 1.807) is 10.6 Å². The van der Waals surface area contributed by atoms with Crippen LogP contribution in [0.15, 0.2) is 47.1 Å². The number of rotatable bonds is 2. The third-order valence-corrected chi connectivity index (χ3v) is 22.5. The normalized spacial score (nSPS) is 41.0. The van der Waals surface area contributed by atoms with E-state index in [0.717, 1.165) is 0 Å². The van der Waals surface area contributed by atoms with Crippen molar-refractivity contribution in [1.82, 2.24) is 8.88 Å². The molecule has 2 aliphatic heterocycles. The van der Waals surface area contributed by atoms with E-state index in [0.29, 0.717) is 0 Å². The number of hydrogen-bond acceptors (Lipinski definition) is 2. The van der Waals surface area contributed by atoms with E-state index in [2.05, 4.69) is 127 Å². The highest BCUT2D eigenvalue weighted by atomic mass is 31.2. The highest BCUT2D eigenvalue weighted by Crippen LogP contribution is 2.90. The number of nitrogens with zero attached hydrogens (tertiary/aromatic N) is 2. The Bertz CT molecular complexity index is 831. The van der Waals surface area contributed by atoms with Gasteiger partial charge in [-0.15, -0.1) is 0 Å². The molecule has 6 unspecified atom stereocenters. The summed E-state index contributed by atoms with van der Waals surface area (Å²) in [4.78, 5) is 0. The van der Waals surface area contributed by atoms with Crippen molar-refractivity contribution in [1.29, 1.82) is 0 Å². The maximum absolute atomic E-state index is 2.91. The zero-order chi connectivity index (χ0) is 23.4. The minimum Gasteiger partial charge on any atom is -0.250 e. The zero-order valence-corrected chi connectivity index (χ0v) is 25.2.